The first-order valence-electron chi connectivity index (χ1n) is 5.90. The molecular formula is C15H9Br2ClN2. The van der Waals surface area contributed by atoms with Crippen molar-refractivity contribution < 1.29 is 0 Å². The third-order valence-electron chi connectivity index (χ3n) is 2.93. The molecule has 5 heteroatoms. The molecule has 0 atom stereocenters. The summed E-state index contributed by atoms with van der Waals surface area (Å²) in [7, 11) is 0. The van der Waals surface area contributed by atoms with Crippen molar-refractivity contribution in [1.82, 2.24) is 4.98 Å². The van der Waals surface area contributed by atoms with E-state index in [2.05, 4.69) is 54.3 Å². The van der Waals surface area contributed by atoms with E-state index in [0.29, 0.717) is 5.02 Å². The van der Waals surface area contributed by atoms with Gasteiger partial charge in [-0.1, -0.05) is 51.8 Å². The number of hydrogen-bond donors (Lipinski definition) is 1. The van der Waals surface area contributed by atoms with Crippen molar-refractivity contribution in [2.24, 2.45) is 0 Å². The van der Waals surface area contributed by atoms with Gasteiger partial charge < -0.3 is 5.32 Å². The van der Waals surface area contributed by atoms with Crippen LogP contribution >= 0.6 is 43.5 Å². The zero-order chi connectivity index (χ0) is 14.1. The summed E-state index contributed by atoms with van der Waals surface area (Å²) in [5.74, 6) is 0.738. The number of aromatic nitrogens is 1. The highest BCUT2D eigenvalue weighted by Crippen LogP contribution is 2.33. The van der Waals surface area contributed by atoms with Gasteiger partial charge in [0.1, 0.15) is 5.82 Å². The summed E-state index contributed by atoms with van der Waals surface area (Å²) in [4.78, 5) is 4.30. The van der Waals surface area contributed by atoms with Crippen LogP contribution in [0.5, 0.6) is 0 Å². The lowest BCUT2D eigenvalue weighted by atomic mass is 10.1. The molecule has 1 heterocycles. The van der Waals surface area contributed by atoms with Crippen molar-refractivity contribution in [3.8, 4) is 0 Å². The maximum absolute atomic E-state index is 5.91. The van der Waals surface area contributed by atoms with Crippen LogP contribution in [0.25, 0.3) is 10.8 Å². The van der Waals surface area contributed by atoms with E-state index < -0.39 is 0 Å². The summed E-state index contributed by atoms with van der Waals surface area (Å²) in [6.07, 6.45) is 1.62. The third-order valence-corrected chi connectivity index (χ3v) is 4.43. The Hall–Kier alpha value is -1.10. The second kappa shape index (κ2) is 5.72. The van der Waals surface area contributed by atoms with E-state index in [1.807, 2.05) is 30.3 Å². The van der Waals surface area contributed by atoms with Crippen LogP contribution in [0, 0.1) is 0 Å². The van der Waals surface area contributed by atoms with Gasteiger partial charge in [-0.05, 0) is 39.5 Å². The molecule has 3 aromatic rings. The molecule has 100 valence electrons. The molecule has 2 aromatic carbocycles. The summed E-state index contributed by atoms with van der Waals surface area (Å²) >= 11 is 12.9. The van der Waals surface area contributed by atoms with Gasteiger partial charge in [0.15, 0.2) is 0 Å². The highest BCUT2D eigenvalue weighted by Gasteiger charge is 2.07. The van der Waals surface area contributed by atoms with Crippen LogP contribution in [0.3, 0.4) is 0 Å². The standard InChI is InChI=1S/C15H9Br2ClN2/c16-12-5-6-14(11-4-2-1-3-10(11)12)20-15-13(17)7-9(18)8-19-15/h1-8H,(H,19,20). The summed E-state index contributed by atoms with van der Waals surface area (Å²) in [5, 5.41) is 6.22. The smallest absolute Gasteiger partial charge is 0.144 e. The lowest BCUT2D eigenvalue weighted by Gasteiger charge is -2.11. The first-order chi connectivity index (χ1) is 9.65. The molecule has 0 amide bonds. The van der Waals surface area contributed by atoms with Crippen LogP contribution in [0.2, 0.25) is 5.02 Å². The Bertz CT molecular complexity index is 790. The van der Waals surface area contributed by atoms with E-state index in [-0.39, 0.29) is 0 Å². The summed E-state index contributed by atoms with van der Waals surface area (Å²) < 4.78 is 1.90. The number of nitrogens with one attached hydrogen (secondary N) is 1. The molecule has 0 spiro atoms. The highest BCUT2D eigenvalue weighted by molar-refractivity contribution is 9.11. The van der Waals surface area contributed by atoms with Crippen molar-refractivity contribution in [1.29, 1.82) is 0 Å². The SMILES string of the molecule is Clc1cnc(Nc2ccc(Br)c3ccccc23)c(Br)c1. The Morgan fingerprint density at radius 1 is 0.950 bits per heavy atom. The minimum atomic E-state index is 0.600. The van der Waals surface area contributed by atoms with Gasteiger partial charge in [0.25, 0.3) is 0 Å². The molecule has 0 fully saturated rings. The predicted molar refractivity (Wildman–Crippen MR) is 91.9 cm³/mol. The Balaban J connectivity index is 2.09. The molecule has 0 saturated carbocycles. The summed E-state index contributed by atoms with van der Waals surface area (Å²) in [6, 6.07) is 14.1. The van der Waals surface area contributed by atoms with Crippen molar-refractivity contribution >= 4 is 65.7 Å². The molecule has 1 N–H and O–H groups in total. The van der Waals surface area contributed by atoms with E-state index in [4.69, 9.17) is 11.6 Å². The molecule has 1 aromatic heterocycles. The van der Waals surface area contributed by atoms with Crippen LogP contribution in [0.4, 0.5) is 11.5 Å². The summed E-state index contributed by atoms with van der Waals surface area (Å²) in [5.41, 5.74) is 0.999. The summed E-state index contributed by atoms with van der Waals surface area (Å²) in [6.45, 7) is 0. The molecule has 0 aliphatic heterocycles. The maximum Gasteiger partial charge on any atom is 0.144 e. The molecule has 0 aliphatic carbocycles. The quantitative estimate of drug-likeness (QED) is 0.545. The molecule has 3 rings (SSSR count). The van der Waals surface area contributed by atoms with Crippen LogP contribution in [-0.4, -0.2) is 4.98 Å². The van der Waals surface area contributed by atoms with Gasteiger partial charge in [0.05, 0.1) is 9.50 Å². The lowest BCUT2D eigenvalue weighted by molar-refractivity contribution is 1.29. The zero-order valence-corrected chi connectivity index (χ0v) is 14.1. The second-order valence-electron chi connectivity index (χ2n) is 4.25. The average Bonchev–Trinajstić information content (AvgIpc) is 2.45. The Kier molecular flexibility index (Phi) is 3.96. The average molecular weight is 413 g/mol. The number of anilines is 2. The normalized spacial score (nSPS) is 10.8. The third kappa shape index (κ3) is 2.68. The number of nitrogens with zero attached hydrogens (tertiary/aromatic N) is 1. The topological polar surface area (TPSA) is 24.9 Å². The van der Waals surface area contributed by atoms with Crippen molar-refractivity contribution in [3.63, 3.8) is 0 Å². The molecule has 0 radical (unpaired) electrons. The Labute approximate surface area is 138 Å². The number of hydrogen-bond acceptors (Lipinski definition) is 2. The van der Waals surface area contributed by atoms with Gasteiger partial charge in [0.2, 0.25) is 0 Å². The molecule has 20 heavy (non-hydrogen) atoms. The van der Waals surface area contributed by atoms with E-state index >= 15 is 0 Å². The van der Waals surface area contributed by atoms with Crippen LogP contribution < -0.4 is 5.32 Å². The second-order valence-corrected chi connectivity index (χ2v) is 6.39. The van der Waals surface area contributed by atoms with Gasteiger partial charge in [-0.3, -0.25) is 0 Å². The minimum absolute atomic E-state index is 0.600. The van der Waals surface area contributed by atoms with Crippen molar-refractivity contribution in [3.05, 3.63) is 62.6 Å². The number of halogens is 3. The van der Waals surface area contributed by atoms with Gasteiger partial charge >= 0.3 is 0 Å². The van der Waals surface area contributed by atoms with Gasteiger partial charge in [-0.15, -0.1) is 0 Å². The number of rotatable bonds is 2. The zero-order valence-electron chi connectivity index (χ0n) is 10.2. The molecule has 0 unspecified atom stereocenters. The largest absolute Gasteiger partial charge is 0.339 e. The van der Waals surface area contributed by atoms with E-state index in [1.54, 1.807) is 6.20 Å². The monoisotopic (exact) mass is 410 g/mol. The first-order valence-corrected chi connectivity index (χ1v) is 7.87. The molecule has 0 aliphatic rings. The minimum Gasteiger partial charge on any atom is -0.339 e. The van der Waals surface area contributed by atoms with Crippen molar-refractivity contribution in [2.75, 3.05) is 5.32 Å². The predicted octanol–water partition coefficient (Wildman–Crippen LogP) is 6.16. The van der Waals surface area contributed by atoms with Gasteiger partial charge in [-0.2, -0.15) is 0 Å². The Morgan fingerprint density at radius 2 is 1.70 bits per heavy atom. The van der Waals surface area contributed by atoms with Crippen molar-refractivity contribution in [2.45, 2.75) is 0 Å². The number of benzene rings is 2. The Morgan fingerprint density at radius 3 is 2.45 bits per heavy atom. The molecule has 0 saturated heterocycles. The molecule has 0 bridgehead atoms. The number of pyridine rings is 1. The fourth-order valence-electron chi connectivity index (χ4n) is 2.01. The molecule has 2 nitrogen and oxygen atoms in total. The maximum atomic E-state index is 5.91. The fraction of sp³-hybridized carbons (Fsp3) is 0. The van der Waals surface area contributed by atoms with Gasteiger partial charge in [-0.25, -0.2) is 4.98 Å². The fourth-order valence-corrected chi connectivity index (χ4v) is 3.22. The van der Waals surface area contributed by atoms with Crippen LogP contribution in [0.1, 0.15) is 0 Å². The van der Waals surface area contributed by atoms with Gasteiger partial charge in [0, 0.05) is 21.7 Å². The van der Waals surface area contributed by atoms with E-state index in [1.165, 1.54) is 0 Å². The lowest BCUT2D eigenvalue weighted by Crippen LogP contribution is -1.95. The van der Waals surface area contributed by atoms with E-state index in [0.717, 1.165) is 31.2 Å². The highest BCUT2D eigenvalue weighted by atomic mass is 79.9. The van der Waals surface area contributed by atoms with Crippen LogP contribution in [0.15, 0.2) is 57.6 Å². The first kappa shape index (κ1) is 13.9. The molecular weight excluding hydrogens is 403 g/mol. The van der Waals surface area contributed by atoms with Crippen LogP contribution in [-0.2, 0) is 0 Å². The van der Waals surface area contributed by atoms with E-state index in [9.17, 15) is 0 Å². The number of fused-ring (bicyclic) bond motifs is 1.